The van der Waals surface area contributed by atoms with Crippen LogP contribution in [0.15, 0.2) is 24.3 Å². The van der Waals surface area contributed by atoms with Crippen LogP contribution in [0.1, 0.15) is 56.6 Å². The normalized spacial score (nSPS) is 18.2. The van der Waals surface area contributed by atoms with Crippen LogP contribution in [-0.4, -0.2) is 14.2 Å². The molecule has 1 unspecified atom stereocenters. The molecule has 0 heterocycles. The maximum Gasteiger partial charge on any atom is 0.118 e. The second kappa shape index (κ2) is 7.54. The van der Waals surface area contributed by atoms with E-state index in [0.717, 1.165) is 11.7 Å². The lowest BCUT2D eigenvalue weighted by Gasteiger charge is -2.24. The molecule has 2 heteroatoms. The smallest absolute Gasteiger partial charge is 0.118 e. The van der Waals surface area contributed by atoms with Crippen molar-refractivity contribution in [3.05, 3.63) is 29.8 Å². The molecule has 1 aliphatic carbocycles. The summed E-state index contributed by atoms with van der Waals surface area (Å²) in [4.78, 5) is 0. The van der Waals surface area contributed by atoms with Gasteiger partial charge in [-0.1, -0.05) is 44.2 Å². The molecule has 1 aromatic carbocycles. The molecule has 1 aliphatic rings. The lowest BCUT2D eigenvalue weighted by Crippen LogP contribution is -2.18. The van der Waals surface area contributed by atoms with Crippen molar-refractivity contribution >= 4 is 0 Å². The van der Waals surface area contributed by atoms with E-state index in [2.05, 4.69) is 36.6 Å². The highest BCUT2D eigenvalue weighted by Gasteiger charge is 2.16. The zero-order chi connectivity index (χ0) is 13.5. The first-order valence-corrected chi connectivity index (χ1v) is 7.64. The SMILES string of the molecule is CNC(CCC1CCCCC1)c1ccc(OC)cc1. The van der Waals surface area contributed by atoms with Crippen LogP contribution >= 0.6 is 0 Å². The molecular weight excluding hydrogens is 234 g/mol. The first kappa shape index (κ1) is 14.4. The molecule has 0 saturated heterocycles. The number of benzene rings is 1. The summed E-state index contributed by atoms with van der Waals surface area (Å²) < 4.78 is 5.22. The van der Waals surface area contributed by atoms with Crippen molar-refractivity contribution in [3.63, 3.8) is 0 Å². The highest BCUT2D eigenvalue weighted by Crippen LogP contribution is 2.30. The maximum absolute atomic E-state index is 5.22. The van der Waals surface area contributed by atoms with E-state index >= 15 is 0 Å². The molecular formula is C17H27NO. The van der Waals surface area contributed by atoms with Crippen molar-refractivity contribution < 1.29 is 4.74 Å². The summed E-state index contributed by atoms with van der Waals surface area (Å²) in [5.41, 5.74) is 1.37. The maximum atomic E-state index is 5.22. The molecule has 1 N–H and O–H groups in total. The first-order chi connectivity index (χ1) is 9.33. The minimum Gasteiger partial charge on any atom is -0.497 e. The van der Waals surface area contributed by atoms with E-state index in [4.69, 9.17) is 4.74 Å². The second-order valence-corrected chi connectivity index (χ2v) is 5.70. The fourth-order valence-corrected chi connectivity index (χ4v) is 3.19. The lowest BCUT2D eigenvalue weighted by molar-refractivity contribution is 0.317. The van der Waals surface area contributed by atoms with Gasteiger partial charge >= 0.3 is 0 Å². The highest BCUT2D eigenvalue weighted by molar-refractivity contribution is 5.29. The van der Waals surface area contributed by atoms with Gasteiger partial charge in [-0.2, -0.15) is 0 Å². The summed E-state index contributed by atoms with van der Waals surface area (Å²) in [7, 11) is 3.78. The number of methoxy groups -OCH3 is 1. The molecule has 0 radical (unpaired) electrons. The Balaban J connectivity index is 1.87. The van der Waals surface area contributed by atoms with Crippen molar-refractivity contribution in [2.75, 3.05) is 14.2 Å². The molecule has 106 valence electrons. The number of nitrogens with one attached hydrogen (secondary N) is 1. The third-order valence-corrected chi connectivity index (χ3v) is 4.45. The van der Waals surface area contributed by atoms with Crippen LogP contribution in [-0.2, 0) is 0 Å². The van der Waals surface area contributed by atoms with Crippen molar-refractivity contribution in [2.45, 2.75) is 51.0 Å². The van der Waals surface area contributed by atoms with Crippen LogP contribution in [0.2, 0.25) is 0 Å². The molecule has 2 rings (SSSR count). The van der Waals surface area contributed by atoms with Crippen LogP contribution in [0.4, 0.5) is 0 Å². The van der Waals surface area contributed by atoms with Gasteiger partial charge in [0.15, 0.2) is 0 Å². The Morgan fingerprint density at radius 2 is 1.84 bits per heavy atom. The van der Waals surface area contributed by atoms with E-state index in [1.807, 2.05) is 0 Å². The molecule has 2 nitrogen and oxygen atoms in total. The number of hydrogen-bond donors (Lipinski definition) is 1. The molecule has 1 fully saturated rings. The average Bonchev–Trinajstić information content (AvgIpc) is 2.49. The highest BCUT2D eigenvalue weighted by atomic mass is 16.5. The van der Waals surface area contributed by atoms with Crippen LogP contribution < -0.4 is 10.1 Å². The number of hydrogen-bond acceptors (Lipinski definition) is 2. The fraction of sp³-hybridized carbons (Fsp3) is 0.647. The predicted octanol–water partition coefficient (Wildman–Crippen LogP) is 4.32. The summed E-state index contributed by atoms with van der Waals surface area (Å²) in [6.07, 6.45) is 9.82. The molecule has 0 aromatic heterocycles. The van der Waals surface area contributed by atoms with Crippen molar-refractivity contribution in [1.29, 1.82) is 0 Å². The Bertz CT molecular complexity index is 354. The van der Waals surface area contributed by atoms with E-state index in [1.165, 1.54) is 50.5 Å². The van der Waals surface area contributed by atoms with Crippen LogP contribution in [0.5, 0.6) is 5.75 Å². The van der Waals surface area contributed by atoms with Gasteiger partial charge in [0.1, 0.15) is 5.75 Å². The van der Waals surface area contributed by atoms with Crippen molar-refractivity contribution in [3.8, 4) is 5.75 Å². The first-order valence-electron chi connectivity index (χ1n) is 7.64. The van der Waals surface area contributed by atoms with Gasteiger partial charge in [-0.3, -0.25) is 0 Å². The predicted molar refractivity (Wildman–Crippen MR) is 80.6 cm³/mol. The standard InChI is InChI=1S/C17H27NO/c1-18-17(13-8-14-6-4-3-5-7-14)15-9-11-16(19-2)12-10-15/h9-12,14,17-18H,3-8,13H2,1-2H3. The van der Waals surface area contributed by atoms with Gasteiger partial charge < -0.3 is 10.1 Å². The summed E-state index contributed by atoms with van der Waals surface area (Å²) >= 11 is 0. The van der Waals surface area contributed by atoms with Gasteiger partial charge in [0.05, 0.1) is 7.11 Å². The lowest BCUT2D eigenvalue weighted by atomic mass is 9.84. The van der Waals surface area contributed by atoms with Crippen molar-refractivity contribution in [1.82, 2.24) is 5.32 Å². The molecule has 1 atom stereocenters. The Morgan fingerprint density at radius 3 is 2.42 bits per heavy atom. The van der Waals surface area contributed by atoms with E-state index in [9.17, 15) is 0 Å². The van der Waals surface area contributed by atoms with Gasteiger partial charge in [0, 0.05) is 6.04 Å². The van der Waals surface area contributed by atoms with Crippen LogP contribution in [0.3, 0.4) is 0 Å². The zero-order valence-electron chi connectivity index (χ0n) is 12.3. The molecule has 0 bridgehead atoms. The van der Waals surface area contributed by atoms with E-state index in [-0.39, 0.29) is 0 Å². The monoisotopic (exact) mass is 261 g/mol. The van der Waals surface area contributed by atoms with Gasteiger partial charge in [-0.25, -0.2) is 0 Å². The largest absolute Gasteiger partial charge is 0.497 e. The molecule has 19 heavy (non-hydrogen) atoms. The average molecular weight is 261 g/mol. The summed E-state index contributed by atoms with van der Waals surface area (Å²) in [5.74, 6) is 1.90. The molecule has 0 spiro atoms. The van der Waals surface area contributed by atoms with E-state index in [0.29, 0.717) is 6.04 Å². The van der Waals surface area contributed by atoms with Crippen LogP contribution in [0.25, 0.3) is 0 Å². The van der Waals surface area contributed by atoms with Crippen LogP contribution in [0, 0.1) is 5.92 Å². The van der Waals surface area contributed by atoms with Gasteiger partial charge in [-0.05, 0) is 43.5 Å². The Labute approximate surface area is 117 Å². The Kier molecular flexibility index (Phi) is 5.71. The number of rotatable bonds is 6. The topological polar surface area (TPSA) is 21.3 Å². The minimum absolute atomic E-state index is 0.479. The third kappa shape index (κ3) is 4.24. The summed E-state index contributed by atoms with van der Waals surface area (Å²) in [6, 6.07) is 8.95. The summed E-state index contributed by atoms with van der Waals surface area (Å²) in [6.45, 7) is 0. The third-order valence-electron chi connectivity index (χ3n) is 4.45. The van der Waals surface area contributed by atoms with Gasteiger partial charge in [0.2, 0.25) is 0 Å². The molecule has 1 aromatic rings. The molecule has 0 aliphatic heterocycles. The number of ether oxygens (including phenoxy) is 1. The quantitative estimate of drug-likeness (QED) is 0.823. The Hall–Kier alpha value is -1.02. The summed E-state index contributed by atoms with van der Waals surface area (Å²) in [5, 5.41) is 3.45. The minimum atomic E-state index is 0.479. The molecule has 0 amide bonds. The van der Waals surface area contributed by atoms with Gasteiger partial charge in [0.25, 0.3) is 0 Å². The van der Waals surface area contributed by atoms with Crippen molar-refractivity contribution in [2.24, 2.45) is 5.92 Å². The zero-order valence-corrected chi connectivity index (χ0v) is 12.3. The fourth-order valence-electron chi connectivity index (χ4n) is 3.19. The van der Waals surface area contributed by atoms with E-state index in [1.54, 1.807) is 7.11 Å². The molecule has 1 saturated carbocycles. The van der Waals surface area contributed by atoms with Gasteiger partial charge in [-0.15, -0.1) is 0 Å². The Morgan fingerprint density at radius 1 is 1.16 bits per heavy atom. The second-order valence-electron chi connectivity index (χ2n) is 5.70. The van der Waals surface area contributed by atoms with E-state index < -0.39 is 0 Å².